The van der Waals surface area contributed by atoms with Crippen molar-refractivity contribution in [3.63, 3.8) is 0 Å². The van der Waals surface area contributed by atoms with Crippen molar-refractivity contribution >= 4 is 22.0 Å². The zero-order chi connectivity index (χ0) is 17.7. The molecule has 8 nitrogen and oxygen atoms in total. The Hall–Kier alpha value is -2.65. The number of hydrogen-bond acceptors (Lipinski definition) is 7. The van der Waals surface area contributed by atoms with E-state index in [0.29, 0.717) is 5.56 Å². The van der Waals surface area contributed by atoms with Crippen LogP contribution in [0.15, 0.2) is 45.9 Å². The summed E-state index contributed by atoms with van der Waals surface area (Å²) >= 11 is 0. The molecule has 2 aromatic rings. The maximum absolute atomic E-state index is 12.1. The van der Waals surface area contributed by atoms with Crippen LogP contribution in [-0.2, 0) is 26.1 Å². The van der Waals surface area contributed by atoms with Crippen LogP contribution in [-0.4, -0.2) is 34.5 Å². The topological polar surface area (TPSA) is 112 Å². The number of sulfonamides is 1. The highest BCUT2D eigenvalue weighted by atomic mass is 32.2. The molecule has 128 valence electrons. The maximum Gasteiger partial charge on any atom is 0.374 e. The van der Waals surface area contributed by atoms with Gasteiger partial charge in [0, 0.05) is 5.56 Å². The highest BCUT2D eigenvalue weighted by Gasteiger charge is 2.19. The van der Waals surface area contributed by atoms with Gasteiger partial charge in [-0.2, -0.15) is 0 Å². The van der Waals surface area contributed by atoms with Gasteiger partial charge in [-0.1, -0.05) is 6.07 Å². The molecule has 0 fully saturated rings. The second kappa shape index (κ2) is 7.28. The van der Waals surface area contributed by atoms with Gasteiger partial charge in [-0.3, -0.25) is 0 Å². The Bertz CT molecular complexity index is 854. The van der Waals surface area contributed by atoms with Crippen LogP contribution in [0.4, 0.5) is 0 Å². The third kappa shape index (κ3) is 3.81. The summed E-state index contributed by atoms with van der Waals surface area (Å²) < 4.78 is 40.3. The Kier molecular flexibility index (Phi) is 5.37. The van der Waals surface area contributed by atoms with Crippen LogP contribution in [0.3, 0.4) is 0 Å². The fourth-order valence-corrected chi connectivity index (χ4v) is 2.63. The van der Waals surface area contributed by atoms with Crippen molar-refractivity contribution < 1.29 is 31.9 Å². The van der Waals surface area contributed by atoms with Crippen molar-refractivity contribution in [2.24, 2.45) is 0 Å². The van der Waals surface area contributed by atoms with E-state index >= 15 is 0 Å². The molecule has 0 atom stereocenters. The molecule has 1 aromatic heterocycles. The van der Waals surface area contributed by atoms with E-state index in [1.54, 1.807) is 0 Å². The van der Waals surface area contributed by atoms with E-state index in [-0.39, 0.29) is 22.8 Å². The van der Waals surface area contributed by atoms with Gasteiger partial charge in [0.15, 0.2) is 0 Å². The minimum atomic E-state index is -3.67. The van der Waals surface area contributed by atoms with Gasteiger partial charge in [0.25, 0.3) is 0 Å². The van der Waals surface area contributed by atoms with Crippen LogP contribution in [0.2, 0.25) is 0 Å². The predicted molar refractivity (Wildman–Crippen MR) is 81.9 cm³/mol. The first-order valence-electron chi connectivity index (χ1n) is 6.74. The van der Waals surface area contributed by atoms with Crippen LogP contribution < -0.4 is 4.72 Å². The number of hydrogen-bond donors (Lipinski definition) is 1. The highest BCUT2D eigenvalue weighted by molar-refractivity contribution is 7.89. The SMILES string of the molecule is CNS(=O)(=O)c1cccc(C(=O)OCc2ccoc2C(=O)OC)c1. The van der Waals surface area contributed by atoms with Crippen molar-refractivity contribution in [2.45, 2.75) is 11.5 Å². The molecule has 0 aliphatic heterocycles. The summed E-state index contributed by atoms with van der Waals surface area (Å²) in [4.78, 5) is 23.5. The third-order valence-electron chi connectivity index (χ3n) is 3.13. The van der Waals surface area contributed by atoms with Gasteiger partial charge in [-0.15, -0.1) is 0 Å². The minimum absolute atomic E-state index is 0.0574. The Morgan fingerprint density at radius 3 is 2.62 bits per heavy atom. The van der Waals surface area contributed by atoms with Gasteiger partial charge < -0.3 is 13.9 Å². The molecule has 1 heterocycles. The number of benzene rings is 1. The summed E-state index contributed by atoms with van der Waals surface area (Å²) in [7, 11) is -1.19. The van der Waals surface area contributed by atoms with Gasteiger partial charge >= 0.3 is 11.9 Å². The summed E-state index contributed by atoms with van der Waals surface area (Å²) in [5.41, 5.74) is 0.406. The first-order valence-corrected chi connectivity index (χ1v) is 8.22. The lowest BCUT2D eigenvalue weighted by molar-refractivity contribution is 0.0453. The fraction of sp³-hybridized carbons (Fsp3) is 0.200. The fourth-order valence-electron chi connectivity index (χ4n) is 1.86. The number of esters is 2. The van der Waals surface area contributed by atoms with Crippen LogP contribution in [0, 0.1) is 0 Å². The number of nitrogens with one attached hydrogen (secondary N) is 1. The lowest BCUT2D eigenvalue weighted by Gasteiger charge is -2.07. The lowest BCUT2D eigenvalue weighted by atomic mass is 10.2. The number of rotatable bonds is 6. The number of furan rings is 1. The second-order valence-electron chi connectivity index (χ2n) is 4.58. The molecule has 0 aliphatic rings. The Balaban J connectivity index is 2.13. The zero-order valence-electron chi connectivity index (χ0n) is 12.9. The van der Waals surface area contributed by atoms with Gasteiger partial charge in [0.05, 0.1) is 23.8 Å². The summed E-state index contributed by atoms with van der Waals surface area (Å²) in [6, 6.07) is 6.88. The monoisotopic (exact) mass is 353 g/mol. The summed E-state index contributed by atoms with van der Waals surface area (Å²) in [5.74, 6) is -1.48. The van der Waals surface area contributed by atoms with Crippen LogP contribution in [0.5, 0.6) is 0 Å². The number of carbonyl (C=O) groups excluding carboxylic acids is 2. The number of methoxy groups -OCH3 is 1. The maximum atomic E-state index is 12.1. The standard InChI is InChI=1S/C15H15NO7S/c1-16-24(19,20)12-5-3-4-10(8-12)14(17)23-9-11-6-7-22-13(11)15(18)21-2/h3-8,16H,9H2,1-2H3. The Morgan fingerprint density at radius 1 is 1.21 bits per heavy atom. The first-order chi connectivity index (χ1) is 11.4. The zero-order valence-corrected chi connectivity index (χ0v) is 13.8. The van der Waals surface area contributed by atoms with E-state index < -0.39 is 22.0 Å². The number of carbonyl (C=O) groups is 2. The van der Waals surface area contributed by atoms with Crippen molar-refractivity contribution in [3.8, 4) is 0 Å². The molecular formula is C15H15NO7S. The van der Waals surface area contributed by atoms with E-state index in [4.69, 9.17) is 9.15 Å². The average Bonchev–Trinajstić information content (AvgIpc) is 3.07. The van der Waals surface area contributed by atoms with E-state index in [0.717, 1.165) is 0 Å². The molecule has 0 unspecified atom stereocenters. The van der Waals surface area contributed by atoms with E-state index in [1.807, 2.05) is 0 Å². The van der Waals surface area contributed by atoms with Gasteiger partial charge in [-0.25, -0.2) is 22.7 Å². The van der Waals surface area contributed by atoms with E-state index in [1.165, 1.54) is 50.8 Å². The van der Waals surface area contributed by atoms with Crippen LogP contribution in [0.25, 0.3) is 0 Å². The quantitative estimate of drug-likeness (QED) is 0.780. The summed E-state index contributed by atoms with van der Waals surface area (Å²) in [6.45, 7) is -0.219. The van der Waals surface area contributed by atoms with Gasteiger partial charge in [-0.05, 0) is 31.3 Å². The molecule has 9 heteroatoms. The molecular weight excluding hydrogens is 338 g/mol. The molecule has 0 bridgehead atoms. The minimum Gasteiger partial charge on any atom is -0.463 e. The smallest absolute Gasteiger partial charge is 0.374 e. The molecule has 24 heavy (non-hydrogen) atoms. The molecule has 2 rings (SSSR count). The predicted octanol–water partition coefficient (Wildman–Crippen LogP) is 1.33. The summed E-state index contributed by atoms with van der Waals surface area (Å²) in [5, 5.41) is 0. The van der Waals surface area contributed by atoms with Gasteiger partial charge in [0.2, 0.25) is 15.8 Å². The Morgan fingerprint density at radius 2 is 1.96 bits per heavy atom. The lowest BCUT2D eigenvalue weighted by Crippen LogP contribution is -2.19. The molecule has 0 saturated carbocycles. The van der Waals surface area contributed by atoms with Gasteiger partial charge in [0.1, 0.15) is 6.61 Å². The molecule has 0 amide bonds. The normalized spacial score (nSPS) is 11.1. The first kappa shape index (κ1) is 17.7. The molecule has 1 N–H and O–H groups in total. The van der Waals surface area contributed by atoms with Crippen molar-refractivity contribution in [1.29, 1.82) is 0 Å². The Labute approximate surface area is 138 Å². The molecule has 0 aliphatic carbocycles. The van der Waals surface area contributed by atoms with Crippen molar-refractivity contribution in [3.05, 3.63) is 53.5 Å². The molecule has 0 saturated heterocycles. The van der Waals surface area contributed by atoms with E-state index in [2.05, 4.69) is 9.46 Å². The van der Waals surface area contributed by atoms with Crippen molar-refractivity contribution in [2.75, 3.05) is 14.2 Å². The van der Waals surface area contributed by atoms with Crippen LogP contribution >= 0.6 is 0 Å². The third-order valence-corrected chi connectivity index (χ3v) is 4.54. The largest absolute Gasteiger partial charge is 0.463 e. The average molecular weight is 353 g/mol. The van der Waals surface area contributed by atoms with Crippen molar-refractivity contribution in [1.82, 2.24) is 4.72 Å². The van der Waals surface area contributed by atoms with E-state index in [9.17, 15) is 18.0 Å². The molecule has 1 aromatic carbocycles. The van der Waals surface area contributed by atoms with Crippen LogP contribution in [0.1, 0.15) is 26.5 Å². The number of ether oxygens (including phenoxy) is 2. The molecule has 0 radical (unpaired) electrons. The summed E-state index contributed by atoms with van der Waals surface area (Å²) in [6.07, 6.45) is 1.27. The molecule has 0 spiro atoms. The highest BCUT2D eigenvalue weighted by Crippen LogP contribution is 2.16. The second-order valence-corrected chi connectivity index (χ2v) is 6.46.